The van der Waals surface area contributed by atoms with Crippen LogP contribution in [0.15, 0.2) is 0 Å². The van der Waals surface area contributed by atoms with Crippen LogP contribution in [0.1, 0.15) is 43.6 Å². The molecule has 0 aliphatic heterocycles. The van der Waals surface area contributed by atoms with Crippen LogP contribution in [0.25, 0.3) is 0 Å². The van der Waals surface area contributed by atoms with E-state index in [4.69, 9.17) is 0 Å². The number of aryl methyl sites for hydroxylation is 1. The second-order valence-corrected chi connectivity index (χ2v) is 4.66. The van der Waals surface area contributed by atoms with Crippen LogP contribution < -0.4 is 10.6 Å². The lowest BCUT2D eigenvalue weighted by Crippen LogP contribution is -2.32. The van der Waals surface area contributed by atoms with Gasteiger partial charge in [-0.1, -0.05) is 20.8 Å². The summed E-state index contributed by atoms with van der Waals surface area (Å²) in [5.41, 5.74) is 0. The van der Waals surface area contributed by atoms with E-state index in [1.54, 1.807) is 0 Å². The Morgan fingerprint density at radius 2 is 2.05 bits per heavy atom. The fraction of sp³-hybridized carbons (Fsp3) is 0.667. The molecular weight excluding hydrogens is 246 g/mol. The summed E-state index contributed by atoms with van der Waals surface area (Å²) in [4.78, 5) is 27.1. The monoisotopic (exact) mass is 267 g/mol. The van der Waals surface area contributed by atoms with Gasteiger partial charge in [0, 0.05) is 25.9 Å². The zero-order valence-corrected chi connectivity index (χ0v) is 11.6. The number of nitrogens with one attached hydrogen (secondary N) is 3. The van der Waals surface area contributed by atoms with E-state index in [1.165, 1.54) is 0 Å². The van der Waals surface area contributed by atoms with Crippen LogP contribution in [-0.2, 0) is 11.2 Å². The van der Waals surface area contributed by atoms with Gasteiger partial charge in [0.15, 0.2) is 0 Å². The Morgan fingerprint density at radius 3 is 2.63 bits per heavy atom. The quantitative estimate of drug-likeness (QED) is 0.659. The fourth-order valence-electron chi connectivity index (χ4n) is 1.33. The number of hydrogen-bond acceptors (Lipinski definition) is 4. The van der Waals surface area contributed by atoms with E-state index in [0.29, 0.717) is 24.7 Å². The maximum absolute atomic E-state index is 11.6. The molecule has 0 aromatic carbocycles. The van der Waals surface area contributed by atoms with E-state index in [9.17, 15) is 9.59 Å². The molecule has 7 nitrogen and oxygen atoms in total. The number of aromatic amines is 1. The highest BCUT2D eigenvalue weighted by atomic mass is 16.2. The lowest BCUT2D eigenvalue weighted by molar-refractivity contribution is -0.121. The molecule has 3 N–H and O–H groups in total. The molecule has 1 aromatic heterocycles. The number of carbonyl (C=O) groups excluding carboxylic acids is 2. The van der Waals surface area contributed by atoms with Gasteiger partial charge < -0.3 is 10.6 Å². The first-order chi connectivity index (χ1) is 9.02. The Labute approximate surface area is 112 Å². The van der Waals surface area contributed by atoms with E-state index in [-0.39, 0.29) is 30.6 Å². The Bertz CT molecular complexity index is 428. The maximum Gasteiger partial charge on any atom is 0.290 e. The van der Waals surface area contributed by atoms with Crippen molar-refractivity contribution < 1.29 is 9.59 Å². The Kier molecular flexibility index (Phi) is 5.98. The van der Waals surface area contributed by atoms with Crippen LogP contribution in [-0.4, -0.2) is 40.1 Å². The van der Waals surface area contributed by atoms with Gasteiger partial charge in [0.25, 0.3) is 5.91 Å². The molecule has 106 valence electrons. The predicted molar refractivity (Wildman–Crippen MR) is 70.6 cm³/mol. The number of aromatic nitrogens is 3. The minimum Gasteiger partial charge on any atom is -0.356 e. The minimum absolute atomic E-state index is 0.0711. The van der Waals surface area contributed by atoms with Gasteiger partial charge in [-0.2, -0.15) is 0 Å². The molecule has 1 aromatic rings. The number of amides is 2. The number of hydrogen-bond donors (Lipinski definition) is 3. The standard InChI is InChI=1S/C12H21N5O2/c1-4-9-15-11(17-16-9)12(19)13-6-5-10(18)14-7-8(2)3/h8H,4-7H2,1-3H3,(H,13,19)(H,14,18)(H,15,16,17). The number of H-pyrrole nitrogens is 1. The highest BCUT2D eigenvalue weighted by molar-refractivity contribution is 5.90. The molecule has 0 atom stereocenters. The van der Waals surface area contributed by atoms with Gasteiger partial charge >= 0.3 is 0 Å². The summed E-state index contributed by atoms with van der Waals surface area (Å²) in [7, 11) is 0. The molecule has 0 saturated heterocycles. The van der Waals surface area contributed by atoms with Gasteiger partial charge in [0.05, 0.1) is 0 Å². The van der Waals surface area contributed by atoms with E-state index in [0.717, 1.165) is 0 Å². The van der Waals surface area contributed by atoms with Gasteiger partial charge in [-0.25, -0.2) is 4.98 Å². The highest BCUT2D eigenvalue weighted by Crippen LogP contribution is 1.93. The van der Waals surface area contributed by atoms with Gasteiger partial charge in [-0.15, -0.1) is 5.10 Å². The Morgan fingerprint density at radius 1 is 1.32 bits per heavy atom. The molecule has 0 fully saturated rings. The first-order valence-corrected chi connectivity index (χ1v) is 6.49. The molecule has 0 bridgehead atoms. The molecule has 0 radical (unpaired) electrons. The summed E-state index contributed by atoms with van der Waals surface area (Å²) in [5.74, 6) is 0.754. The van der Waals surface area contributed by atoms with E-state index < -0.39 is 0 Å². The molecule has 2 amide bonds. The summed E-state index contributed by atoms with van der Waals surface area (Å²) in [6.45, 7) is 6.89. The fourth-order valence-corrected chi connectivity index (χ4v) is 1.33. The normalized spacial score (nSPS) is 10.5. The summed E-state index contributed by atoms with van der Waals surface area (Å²) >= 11 is 0. The van der Waals surface area contributed by atoms with Crippen LogP contribution >= 0.6 is 0 Å². The predicted octanol–water partition coefficient (Wildman–Crippen LogP) is 0.259. The van der Waals surface area contributed by atoms with Gasteiger partial charge in [0.1, 0.15) is 5.82 Å². The largest absolute Gasteiger partial charge is 0.356 e. The third kappa shape index (κ3) is 5.50. The smallest absolute Gasteiger partial charge is 0.290 e. The summed E-state index contributed by atoms with van der Waals surface area (Å²) in [5, 5.41) is 11.9. The topological polar surface area (TPSA) is 99.8 Å². The lowest BCUT2D eigenvalue weighted by Gasteiger charge is -2.07. The van der Waals surface area contributed by atoms with Crippen molar-refractivity contribution in [2.75, 3.05) is 13.1 Å². The maximum atomic E-state index is 11.6. The van der Waals surface area contributed by atoms with Crippen molar-refractivity contribution in [1.82, 2.24) is 25.8 Å². The number of nitrogens with zero attached hydrogens (tertiary/aromatic N) is 2. The Balaban J connectivity index is 2.25. The van der Waals surface area contributed by atoms with Crippen molar-refractivity contribution in [3.05, 3.63) is 11.6 Å². The summed E-state index contributed by atoms with van der Waals surface area (Å²) in [6.07, 6.45) is 0.946. The van der Waals surface area contributed by atoms with Crippen LogP contribution in [0, 0.1) is 5.92 Å². The molecule has 0 aliphatic rings. The van der Waals surface area contributed by atoms with Crippen molar-refractivity contribution in [3.63, 3.8) is 0 Å². The molecule has 0 saturated carbocycles. The SMILES string of the molecule is CCc1nc(C(=O)NCCC(=O)NCC(C)C)n[nH]1. The van der Waals surface area contributed by atoms with Crippen molar-refractivity contribution in [2.45, 2.75) is 33.6 Å². The van der Waals surface area contributed by atoms with Crippen molar-refractivity contribution in [3.8, 4) is 0 Å². The lowest BCUT2D eigenvalue weighted by atomic mass is 10.2. The van der Waals surface area contributed by atoms with Gasteiger partial charge in [-0.3, -0.25) is 14.7 Å². The second-order valence-electron chi connectivity index (χ2n) is 4.66. The molecule has 1 heterocycles. The Hall–Kier alpha value is -1.92. The number of carbonyl (C=O) groups is 2. The van der Waals surface area contributed by atoms with E-state index in [2.05, 4.69) is 25.8 Å². The number of rotatable bonds is 7. The second kappa shape index (κ2) is 7.50. The van der Waals surface area contributed by atoms with E-state index >= 15 is 0 Å². The molecular formula is C12H21N5O2. The first-order valence-electron chi connectivity index (χ1n) is 6.49. The minimum atomic E-state index is -0.368. The van der Waals surface area contributed by atoms with Crippen molar-refractivity contribution in [1.29, 1.82) is 0 Å². The molecule has 0 aliphatic carbocycles. The van der Waals surface area contributed by atoms with Gasteiger partial charge in [-0.05, 0) is 5.92 Å². The van der Waals surface area contributed by atoms with Crippen LogP contribution in [0.5, 0.6) is 0 Å². The summed E-state index contributed by atoms with van der Waals surface area (Å²) < 4.78 is 0. The molecule has 0 unspecified atom stereocenters. The zero-order chi connectivity index (χ0) is 14.3. The van der Waals surface area contributed by atoms with Crippen molar-refractivity contribution in [2.24, 2.45) is 5.92 Å². The van der Waals surface area contributed by atoms with Crippen LogP contribution in [0.3, 0.4) is 0 Å². The van der Waals surface area contributed by atoms with Crippen LogP contribution in [0.4, 0.5) is 0 Å². The average molecular weight is 267 g/mol. The van der Waals surface area contributed by atoms with Gasteiger partial charge in [0.2, 0.25) is 11.7 Å². The highest BCUT2D eigenvalue weighted by Gasteiger charge is 2.11. The molecule has 7 heteroatoms. The third-order valence-electron chi connectivity index (χ3n) is 2.41. The molecule has 0 spiro atoms. The van der Waals surface area contributed by atoms with Crippen LogP contribution in [0.2, 0.25) is 0 Å². The average Bonchev–Trinajstić information content (AvgIpc) is 2.85. The zero-order valence-electron chi connectivity index (χ0n) is 11.6. The molecule has 19 heavy (non-hydrogen) atoms. The third-order valence-corrected chi connectivity index (χ3v) is 2.41. The first kappa shape index (κ1) is 15.1. The summed E-state index contributed by atoms with van der Waals surface area (Å²) in [6, 6.07) is 0. The van der Waals surface area contributed by atoms with Crippen molar-refractivity contribution >= 4 is 11.8 Å². The van der Waals surface area contributed by atoms with E-state index in [1.807, 2.05) is 20.8 Å². The molecule has 1 rings (SSSR count).